The molecule has 1 aromatic carbocycles. The van der Waals surface area contributed by atoms with Crippen molar-refractivity contribution in [2.75, 3.05) is 33.9 Å². The number of nitrogens with one attached hydrogen (secondary N) is 1. The molecule has 1 aromatic rings. The van der Waals surface area contributed by atoms with Gasteiger partial charge in [0.1, 0.15) is 0 Å². The van der Waals surface area contributed by atoms with Crippen molar-refractivity contribution in [1.29, 1.82) is 0 Å². The summed E-state index contributed by atoms with van der Waals surface area (Å²) in [6.07, 6.45) is 0. The fourth-order valence-electron chi connectivity index (χ4n) is 1.87. The number of likely N-dealkylation sites (N-methyl/N-ethyl adjacent to an activating group) is 1. The summed E-state index contributed by atoms with van der Waals surface area (Å²) in [6, 6.07) is 7.22. The van der Waals surface area contributed by atoms with Crippen LogP contribution < -0.4 is 5.32 Å². The lowest BCUT2D eigenvalue weighted by Gasteiger charge is -2.18. The van der Waals surface area contributed by atoms with E-state index in [0.29, 0.717) is 18.0 Å². The number of hydrogen-bond donors (Lipinski definition) is 1. The Labute approximate surface area is 122 Å². The van der Waals surface area contributed by atoms with Gasteiger partial charge in [-0.3, -0.25) is 0 Å². The Bertz CT molecular complexity index is 500. The molecule has 20 heavy (non-hydrogen) atoms. The number of rotatable bonds is 8. The molecular weight excluding hydrogens is 276 g/mol. The van der Waals surface area contributed by atoms with Crippen LogP contribution in [0.1, 0.15) is 25.5 Å². The molecule has 0 bridgehead atoms. The highest BCUT2D eigenvalue weighted by molar-refractivity contribution is 7.89. The van der Waals surface area contributed by atoms with E-state index in [1.54, 1.807) is 26.3 Å². The van der Waals surface area contributed by atoms with E-state index in [2.05, 4.69) is 12.2 Å². The third-order valence-electron chi connectivity index (χ3n) is 3.21. The van der Waals surface area contributed by atoms with Crippen LogP contribution in [0, 0.1) is 0 Å². The molecule has 0 aliphatic rings. The molecule has 0 spiro atoms. The minimum absolute atomic E-state index is 0.211. The maximum absolute atomic E-state index is 12.3. The van der Waals surface area contributed by atoms with E-state index in [9.17, 15) is 8.42 Å². The van der Waals surface area contributed by atoms with Gasteiger partial charge in [-0.05, 0) is 31.2 Å². The Balaban J connectivity index is 2.86. The summed E-state index contributed by atoms with van der Waals surface area (Å²) < 4.78 is 30.8. The molecule has 0 radical (unpaired) electrons. The van der Waals surface area contributed by atoms with E-state index in [1.807, 2.05) is 19.1 Å². The highest BCUT2D eigenvalue weighted by atomic mass is 32.2. The first kappa shape index (κ1) is 17.1. The number of sulfonamides is 1. The second kappa shape index (κ2) is 7.73. The lowest BCUT2D eigenvalue weighted by Crippen LogP contribution is -2.30. The van der Waals surface area contributed by atoms with Crippen molar-refractivity contribution >= 4 is 10.0 Å². The molecule has 0 fully saturated rings. The van der Waals surface area contributed by atoms with Crippen molar-refractivity contribution in [1.82, 2.24) is 9.62 Å². The lowest BCUT2D eigenvalue weighted by molar-refractivity contribution is 0.185. The van der Waals surface area contributed by atoms with Crippen LogP contribution in [0.3, 0.4) is 0 Å². The summed E-state index contributed by atoms with van der Waals surface area (Å²) in [5, 5.41) is 3.29. The Morgan fingerprint density at radius 2 is 1.90 bits per heavy atom. The van der Waals surface area contributed by atoms with Gasteiger partial charge >= 0.3 is 0 Å². The van der Waals surface area contributed by atoms with Crippen molar-refractivity contribution in [2.45, 2.75) is 24.8 Å². The second-order valence-electron chi connectivity index (χ2n) is 4.67. The third kappa shape index (κ3) is 4.28. The molecule has 5 nitrogen and oxygen atoms in total. The Morgan fingerprint density at radius 3 is 2.40 bits per heavy atom. The Morgan fingerprint density at radius 1 is 1.30 bits per heavy atom. The summed E-state index contributed by atoms with van der Waals surface area (Å²) in [5.74, 6) is 0. The van der Waals surface area contributed by atoms with E-state index in [4.69, 9.17) is 4.74 Å². The lowest BCUT2D eigenvalue weighted by atomic mass is 10.1. The van der Waals surface area contributed by atoms with Crippen molar-refractivity contribution in [3.63, 3.8) is 0 Å². The molecule has 1 rings (SSSR count). The van der Waals surface area contributed by atoms with Crippen molar-refractivity contribution < 1.29 is 13.2 Å². The van der Waals surface area contributed by atoms with Gasteiger partial charge in [-0.2, -0.15) is 4.31 Å². The SMILES string of the molecule is CCNC(C)c1ccc(S(=O)(=O)N(C)CCOC)cc1. The van der Waals surface area contributed by atoms with Crippen molar-refractivity contribution in [2.24, 2.45) is 0 Å². The summed E-state index contributed by atoms with van der Waals surface area (Å²) >= 11 is 0. The first-order valence-corrected chi connectivity index (χ1v) is 8.16. The highest BCUT2D eigenvalue weighted by Crippen LogP contribution is 2.18. The average Bonchev–Trinajstić information content (AvgIpc) is 2.45. The first-order chi connectivity index (χ1) is 9.43. The highest BCUT2D eigenvalue weighted by Gasteiger charge is 2.20. The summed E-state index contributed by atoms with van der Waals surface area (Å²) in [6.45, 7) is 5.69. The molecule has 1 N–H and O–H groups in total. The number of benzene rings is 1. The van der Waals surface area contributed by atoms with Gasteiger partial charge in [0.25, 0.3) is 0 Å². The molecule has 114 valence electrons. The molecular formula is C14H24N2O3S. The molecule has 0 aliphatic carbocycles. The summed E-state index contributed by atoms with van der Waals surface area (Å²) in [7, 11) is -0.321. The summed E-state index contributed by atoms with van der Waals surface area (Å²) in [4.78, 5) is 0.309. The van der Waals surface area contributed by atoms with Crippen molar-refractivity contribution in [3.8, 4) is 0 Å². The fourth-order valence-corrected chi connectivity index (χ4v) is 3.03. The molecule has 6 heteroatoms. The van der Waals surface area contributed by atoms with Gasteiger partial charge in [-0.15, -0.1) is 0 Å². The number of nitrogens with zero attached hydrogens (tertiary/aromatic N) is 1. The topological polar surface area (TPSA) is 58.6 Å². The zero-order valence-electron chi connectivity index (χ0n) is 12.6. The molecule has 0 heterocycles. The monoisotopic (exact) mass is 300 g/mol. The van der Waals surface area contributed by atoms with Crippen molar-refractivity contribution in [3.05, 3.63) is 29.8 Å². The van der Waals surface area contributed by atoms with Crippen LogP contribution in [0.15, 0.2) is 29.2 Å². The zero-order chi connectivity index (χ0) is 15.2. The standard InChI is InChI=1S/C14H24N2O3S/c1-5-15-12(2)13-6-8-14(9-7-13)20(17,18)16(3)10-11-19-4/h6-9,12,15H,5,10-11H2,1-4H3. The van der Waals surface area contributed by atoms with Crippen LogP contribution in [-0.2, 0) is 14.8 Å². The van der Waals surface area contributed by atoms with Gasteiger partial charge in [0.2, 0.25) is 10.0 Å². The zero-order valence-corrected chi connectivity index (χ0v) is 13.4. The van der Waals surface area contributed by atoms with Gasteiger partial charge in [-0.25, -0.2) is 8.42 Å². The van der Waals surface area contributed by atoms with Crippen LogP contribution in [-0.4, -0.2) is 46.6 Å². The van der Waals surface area contributed by atoms with Crippen LogP contribution in [0.25, 0.3) is 0 Å². The van der Waals surface area contributed by atoms with E-state index in [-0.39, 0.29) is 6.04 Å². The van der Waals surface area contributed by atoms with Gasteiger partial charge < -0.3 is 10.1 Å². The van der Waals surface area contributed by atoms with E-state index >= 15 is 0 Å². The van der Waals surface area contributed by atoms with E-state index in [0.717, 1.165) is 12.1 Å². The third-order valence-corrected chi connectivity index (χ3v) is 5.08. The second-order valence-corrected chi connectivity index (χ2v) is 6.71. The molecule has 1 unspecified atom stereocenters. The van der Waals surface area contributed by atoms with Crippen LogP contribution in [0.4, 0.5) is 0 Å². The average molecular weight is 300 g/mol. The van der Waals surface area contributed by atoms with E-state index in [1.165, 1.54) is 4.31 Å². The molecule has 0 amide bonds. The predicted octanol–water partition coefficient (Wildman–Crippen LogP) is 1.62. The minimum atomic E-state index is -3.43. The molecule has 0 saturated heterocycles. The normalized spacial score (nSPS) is 13.7. The van der Waals surface area contributed by atoms with Gasteiger partial charge in [0, 0.05) is 26.7 Å². The smallest absolute Gasteiger partial charge is 0.242 e. The quantitative estimate of drug-likeness (QED) is 0.792. The van der Waals surface area contributed by atoms with Gasteiger partial charge in [-0.1, -0.05) is 19.1 Å². The molecule has 1 atom stereocenters. The van der Waals surface area contributed by atoms with Crippen LogP contribution in [0.2, 0.25) is 0 Å². The maximum Gasteiger partial charge on any atom is 0.242 e. The number of hydrogen-bond acceptors (Lipinski definition) is 4. The minimum Gasteiger partial charge on any atom is -0.383 e. The number of methoxy groups -OCH3 is 1. The maximum atomic E-state index is 12.3. The van der Waals surface area contributed by atoms with Crippen LogP contribution in [0.5, 0.6) is 0 Å². The Hall–Kier alpha value is -0.950. The first-order valence-electron chi connectivity index (χ1n) is 6.72. The Kier molecular flexibility index (Phi) is 6.61. The predicted molar refractivity (Wildman–Crippen MR) is 80.2 cm³/mol. The van der Waals surface area contributed by atoms with Crippen LogP contribution >= 0.6 is 0 Å². The molecule has 0 saturated carbocycles. The molecule has 0 aliphatic heterocycles. The van der Waals surface area contributed by atoms with Gasteiger partial charge in [0.05, 0.1) is 11.5 Å². The fraction of sp³-hybridized carbons (Fsp3) is 0.571. The number of ether oxygens (including phenoxy) is 1. The largest absolute Gasteiger partial charge is 0.383 e. The molecule has 0 aromatic heterocycles. The van der Waals surface area contributed by atoms with E-state index < -0.39 is 10.0 Å². The van der Waals surface area contributed by atoms with Gasteiger partial charge in [0.15, 0.2) is 0 Å². The summed E-state index contributed by atoms with van der Waals surface area (Å²) in [5.41, 5.74) is 1.07.